The maximum atomic E-state index is 12.5. The minimum absolute atomic E-state index is 0.143. The van der Waals surface area contributed by atoms with Crippen LogP contribution in [-0.4, -0.2) is 38.1 Å². The second-order valence-corrected chi connectivity index (χ2v) is 4.00. The Morgan fingerprint density at radius 2 is 2.11 bits per heavy atom. The van der Waals surface area contributed by atoms with Crippen LogP contribution in [0.2, 0.25) is 0 Å². The van der Waals surface area contributed by atoms with Gasteiger partial charge in [-0.25, -0.2) is 0 Å². The number of nitrogens with zero attached hydrogens (tertiary/aromatic N) is 1. The van der Waals surface area contributed by atoms with Crippen molar-refractivity contribution in [3.63, 3.8) is 0 Å². The van der Waals surface area contributed by atoms with Crippen LogP contribution in [-0.2, 0) is 0 Å². The summed E-state index contributed by atoms with van der Waals surface area (Å²) in [5, 5.41) is 0. The fraction of sp³-hybridized carbons (Fsp3) is 0.400. The van der Waals surface area contributed by atoms with E-state index in [1.165, 1.54) is 7.11 Å². The minimum Gasteiger partial charge on any atom is -0.497 e. The number of terminal acetylenes is 1. The third-order valence-corrected chi connectivity index (χ3v) is 2.70. The molecular formula is C15H19NO3. The smallest absolute Gasteiger partial charge is 0.258 e. The zero-order chi connectivity index (χ0) is 14.3. The largest absolute Gasteiger partial charge is 0.497 e. The molecule has 0 atom stereocenters. The SMILES string of the molecule is C#CCN(CCC)C(=O)c1cc(OC)ccc1OC. The monoisotopic (exact) mass is 261 g/mol. The molecule has 0 aliphatic heterocycles. The van der Waals surface area contributed by atoms with Crippen molar-refractivity contribution in [3.05, 3.63) is 23.8 Å². The molecule has 1 aromatic rings. The molecule has 19 heavy (non-hydrogen) atoms. The highest BCUT2D eigenvalue weighted by molar-refractivity contribution is 5.97. The van der Waals surface area contributed by atoms with Gasteiger partial charge in [-0.1, -0.05) is 12.8 Å². The average molecular weight is 261 g/mol. The number of ether oxygens (including phenoxy) is 2. The van der Waals surface area contributed by atoms with Gasteiger partial charge in [0, 0.05) is 6.54 Å². The molecule has 0 aliphatic rings. The highest BCUT2D eigenvalue weighted by Crippen LogP contribution is 2.25. The van der Waals surface area contributed by atoms with Gasteiger partial charge in [-0.05, 0) is 24.6 Å². The van der Waals surface area contributed by atoms with Crippen molar-refractivity contribution in [2.24, 2.45) is 0 Å². The van der Waals surface area contributed by atoms with E-state index in [1.54, 1.807) is 30.2 Å². The Bertz CT molecular complexity index is 477. The number of hydrogen-bond donors (Lipinski definition) is 0. The summed E-state index contributed by atoms with van der Waals surface area (Å²) in [5.41, 5.74) is 0.463. The van der Waals surface area contributed by atoms with Crippen LogP contribution in [0, 0.1) is 12.3 Å². The van der Waals surface area contributed by atoms with E-state index in [4.69, 9.17) is 15.9 Å². The molecule has 0 aliphatic carbocycles. The maximum Gasteiger partial charge on any atom is 0.258 e. The first kappa shape index (κ1) is 14.9. The quantitative estimate of drug-likeness (QED) is 0.737. The molecule has 1 aromatic carbocycles. The number of rotatable bonds is 6. The van der Waals surface area contributed by atoms with Crippen LogP contribution in [0.3, 0.4) is 0 Å². The highest BCUT2D eigenvalue weighted by atomic mass is 16.5. The van der Waals surface area contributed by atoms with E-state index in [2.05, 4.69) is 5.92 Å². The van der Waals surface area contributed by atoms with Crippen molar-refractivity contribution in [2.75, 3.05) is 27.3 Å². The third-order valence-electron chi connectivity index (χ3n) is 2.70. The van der Waals surface area contributed by atoms with Crippen LogP contribution in [0.15, 0.2) is 18.2 Å². The molecule has 4 heteroatoms. The van der Waals surface area contributed by atoms with E-state index in [9.17, 15) is 4.79 Å². The number of hydrogen-bond acceptors (Lipinski definition) is 3. The summed E-state index contributed by atoms with van der Waals surface area (Å²) in [6.07, 6.45) is 6.15. The van der Waals surface area contributed by atoms with Crippen molar-refractivity contribution in [1.82, 2.24) is 4.90 Å². The van der Waals surface area contributed by atoms with Crippen LogP contribution in [0.1, 0.15) is 23.7 Å². The van der Waals surface area contributed by atoms with E-state index in [1.807, 2.05) is 6.92 Å². The number of carbonyl (C=O) groups is 1. The molecule has 0 N–H and O–H groups in total. The summed E-state index contributed by atoms with van der Waals surface area (Å²) in [4.78, 5) is 14.1. The Morgan fingerprint density at radius 1 is 1.37 bits per heavy atom. The van der Waals surface area contributed by atoms with Crippen molar-refractivity contribution in [1.29, 1.82) is 0 Å². The molecule has 0 spiro atoms. The van der Waals surface area contributed by atoms with E-state index in [0.717, 1.165) is 6.42 Å². The number of carbonyl (C=O) groups excluding carboxylic acids is 1. The molecule has 0 bridgehead atoms. The lowest BCUT2D eigenvalue weighted by molar-refractivity contribution is 0.0773. The first-order valence-corrected chi connectivity index (χ1v) is 6.12. The molecule has 4 nitrogen and oxygen atoms in total. The summed E-state index contributed by atoms with van der Waals surface area (Å²) in [5.74, 6) is 3.49. The fourth-order valence-corrected chi connectivity index (χ4v) is 1.78. The number of amides is 1. The lowest BCUT2D eigenvalue weighted by Gasteiger charge is -2.21. The van der Waals surface area contributed by atoms with Gasteiger partial charge in [0.15, 0.2) is 0 Å². The lowest BCUT2D eigenvalue weighted by atomic mass is 10.1. The maximum absolute atomic E-state index is 12.5. The molecule has 1 rings (SSSR count). The number of benzene rings is 1. The predicted octanol–water partition coefficient (Wildman–Crippen LogP) is 2.19. The van der Waals surface area contributed by atoms with Gasteiger partial charge in [0.05, 0.1) is 26.3 Å². The lowest BCUT2D eigenvalue weighted by Crippen LogP contribution is -2.32. The van der Waals surface area contributed by atoms with Gasteiger partial charge < -0.3 is 14.4 Å². The van der Waals surface area contributed by atoms with Crippen molar-refractivity contribution < 1.29 is 14.3 Å². The van der Waals surface area contributed by atoms with Crippen LogP contribution in [0.4, 0.5) is 0 Å². The van der Waals surface area contributed by atoms with Crippen molar-refractivity contribution >= 4 is 5.91 Å². The van der Waals surface area contributed by atoms with E-state index in [-0.39, 0.29) is 12.5 Å². The molecule has 0 saturated heterocycles. The molecule has 0 fully saturated rings. The zero-order valence-corrected chi connectivity index (χ0v) is 11.6. The first-order valence-electron chi connectivity index (χ1n) is 6.12. The second kappa shape index (κ2) is 7.32. The van der Waals surface area contributed by atoms with Crippen LogP contribution in [0.5, 0.6) is 11.5 Å². The summed E-state index contributed by atoms with van der Waals surface area (Å²) in [6.45, 7) is 2.90. The topological polar surface area (TPSA) is 38.8 Å². The normalized spacial score (nSPS) is 9.58. The minimum atomic E-state index is -0.143. The Balaban J connectivity index is 3.11. The summed E-state index contributed by atoms with van der Waals surface area (Å²) >= 11 is 0. The Labute approximate surface area is 114 Å². The van der Waals surface area contributed by atoms with Crippen LogP contribution < -0.4 is 9.47 Å². The van der Waals surface area contributed by atoms with Gasteiger partial charge in [0.1, 0.15) is 11.5 Å². The van der Waals surface area contributed by atoms with Gasteiger partial charge >= 0.3 is 0 Å². The molecule has 0 heterocycles. The molecule has 0 radical (unpaired) electrons. The Hall–Kier alpha value is -2.15. The van der Waals surface area contributed by atoms with E-state index >= 15 is 0 Å². The summed E-state index contributed by atoms with van der Waals surface area (Å²) in [6, 6.07) is 5.13. The third kappa shape index (κ3) is 3.65. The molecular weight excluding hydrogens is 242 g/mol. The standard InChI is InChI=1S/C15H19NO3/c1-5-9-16(10-6-2)15(17)13-11-12(18-3)7-8-14(13)19-4/h1,7-8,11H,6,9-10H2,2-4H3. The Kier molecular flexibility index (Phi) is 5.74. The summed E-state index contributed by atoms with van der Waals surface area (Å²) < 4.78 is 10.4. The molecule has 0 saturated carbocycles. The predicted molar refractivity (Wildman–Crippen MR) is 74.6 cm³/mol. The molecule has 0 unspecified atom stereocenters. The van der Waals surface area contributed by atoms with Gasteiger partial charge in [-0.3, -0.25) is 4.79 Å². The number of methoxy groups -OCH3 is 2. The van der Waals surface area contributed by atoms with Gasteiger partial charge in [0.2, 0.25) is 0 Å². The second-order valence-electron chi connectivity index (χ2n) is 4.00. The first-order chi connectivity index (χ1) is 9.17. The van der Waals surface area contributed by atoms with E-state index < -0.39 is 0 Å². The molecule has 102 valence electrons. The van der Waals surface area contributed by atoms with Gasteiger partial charge in [-0.2, -0.15) is 0 Å². The van der Waals surface area contributed by atoms with Gasteiger partial charge in [-0.15, -0.1) is 6.42 Å². The zero-order valence-electron chi connectivity index (χ0n) is 11.6. The van der Waals surface area contributed by atoms with Crippen molar-refractivity contribution in [2.45, 2.75) is 13.3 Å². The van der Waals surface area contributed by atoms with E-state index in [0.29, 0.717) is 23.6 Å². The summed E-state index contributed by atoms with van der Waals surface area (Å²) in [7, 11) is 3.09. The molecule has 0 aromatic heterocycles. The molecule has 1 amide bonds. The van der Waals surface area contributed by atoms with Gasteiger partial charge in [0.25, 0.3) is 5.91 Å². The Morgan fingerprint density at radius 3 is 2.63 bits per heavy atom. The fourth-order valence-electron chi connectivity index (χ4n) is 1.78. The van der Waals surface area contributed by atoms with Crippen LogP contribution in [0.25, 0.3) is 0 Å². The highest BCUT2D eigenvalue weighted by Gasteiger charge is 2.19. The average Bonchev–Trinajstić information content (AvgIpc) is 2.45. The van der Waals surface area contributed by atoms with Crippen LogP contribution >= 0.6 is 0 Å². The van der Waals surface area contributed by atoms with Crippen molar-refractivity contribution in [3.8, 4) is 23.8 Å².